The molecule has 1 heterocycles. The van der Waals surface area contributed by atoms with Gasteiger partial charge in [-0.2, -0.15) is 13.2 Å². The van der Waals surface area contributed by atoms with Crippen molar-refractivity contribution < 1.29 is 32.2 Å². The topological polar surface area (TPSA) is 67.9 Å². The Morgan fingerprint density at radius 2 is 1.81 bits per heavy atom. The van der Waals surface area contributed by atoms with Crippen LogP contribution in [0.15, 0.2) is 54.6 Å². The van der Waals surface area contributed by atoms with Crippen LogP contribution in [0.25, 0.3) is 6.08 Å². The SMILES string of the molecule is O=C(COC(=O)C=Cc1ccccc1)Nc1cc(C(F)(F)F)ccc1N1CCOCC1. The molecule has 164 valence electrons. The van der Waals surface area contributed by atoms with Crippen molar-refractivity contribution >= 4 is 29.3 Å². The first-order chi connectivity index (χ1) is 14.8. The first-order valence-corrected chi connectivity index (χ1v) is 9.56. The number of esters is 1. The van der Waals surface area contributed by atoms with Crippen LogP contribution in [0, 0.1) is 0 Å². The van der Waals surface area contributed by atoms with E-state index in [4.69, 9.17) is 9.47 Å². The molecule has 3 rings (SSSR count). The highest BCUT2D eigenvalue weighted by atomic mass is 19.4. The number of halogens is 3. The van der Waals surface area contributed by atoms with E-state index in [2.05, 4.69) is 5.32 Å². The van der Waals surface area contributed by atoms with Gasteiger partial charge in [-0.25, -0.2) is 4.79 Å². The van der Waals surface area contributed by atoms with Crippen molar-refractivity contribution in [3.63, 3.8) is 0 Å². The van der Waals surface area contributed by atoms with E-state index in [1.807, 2.05) is 11.0 Å². The Morgan fingerprint density at radius 1 is 1.10 bits per heavy atom. The lowest BCUT2D eigenvalue weighted by atomic mass is 10.1. The van der Waals surface area contributed by atoms with Crippen LogP contribution in [0.3, 0.4) is 0 Å². The summed E-state index contributed by atoms with van der Waals surface area (Å²) in [5.74, 6) is -1.48. The van der Waals surface area contributed by atoms with Crippen molar-refractivity contribution in [1.82, 2.24) is 0 Å². The highest BCUT2D eigenvalue weighted by molar-refractivity contribution is 5.97. The van der Waals surface area contributed by atoms with Gasteiger partial charge in [-0.1, -0.05) is 30.3 Å². The summed E-state index contributed by atoms with van der Waals surface area (Å²) in [5.41, 5.74) is 0.336. The van der Waals surface area contributed by atoms with Crippen LogP contribution < -0.4 is 10.2 Å². The fourth-order valence-electron chi connectivity index (χ4n) is 2.99. The van der Waals surface area contributed by atoms with Gasteiger partial charge in [-0.05, 0) is 29.8 Å². The summed E-state index contributed by atoms with van der Waals surface area (Å²) in [6, 6.07) is 12.2. The average molecular weight is 434 g/mol. The molecule has 0 aromatic heterocycles. The molecule has 0 spiro atoms. The lowest BCUT2D eigenvalue weighted by molar-refractivity contribution is -0.142. The van der Waals surface area contributed by atoms with E-state index in [1.165, 1.54) is 18.2 Å². The average Bonchev–Trinajstić information content (AvgIpc) is 2.77. The van der Waals surface area contributed by atoms with E-state index in [0.717, 1.165) is 17.7 Å². The molecule has 1 amide bonds. The van der Waals surface area contributed by atoms with Crippen LogP contribution >= 0.6 is 0 Å². The maximum absolute atomic E-state index is 13.1. The molecule has 2 aromatic rings. The number of nitrogens with one attached hydrogen (secondary N) is 1. The van der Waals surface area contributed by atoms with Gasteiger partial charge in [0.25, 0.3) is 5.91 Å². The molecule has 0 atom stereocenters. The van der Waals surface area contributed by atoms with Gasteiger partial charge >= 0.3 is 12.1 Å². The molecular formula is C22H21F3N2O4. The summed E-state index contributed by atoms with van der Waals surface area (Å²) in [4.78, 5) is 25.9. The summed E-state index contributed by atoms with van der Waals surface area (Å²) < 4.78 is 49.6. The largest absolute Gasteiger partial charge is 0.452 e. The van der Waals surface area contributed by atoms with Crippen LogP contribution in [0.2, 0.25) is 0 Å². The molecule has 6 nitrogen and oxygen atoms in total. The number of morpholine rings is 1. The van der Waals surface area contributed by atoms with Crippen LogP contribution in [0.5, 0.6) is 0 Å². The van der Waals surface area contributed by atoms with Crippen LogP contribution in [-0.4, -0.2) is 44.8 Å². The van der Waals surface area contributed by atoms with Crippen LogP contribution in [-0.2, 0) is 25.2 Å². The maximum atomic E-state index is 13.1. The molecule has 9 heteroatoms. The Kier molecular flexibility index (Phi) is 7.30. The van der Waals surface area contributed by atoms with Crippen molar-refractivity contribution in [2.75, 3.05) is 43.1 Å². The Labute approximate surface area is 177 Å². The fraction of sp³-hybridized carbons (Fsp3) is 0.273. The number of nitrogens with zero attached hydrogens (tertiary/aromatic N) is 1. The third-order valence-electron chi connectivity index (χ3n) is 4.51. The molecular weight excluding hydrogens is 413 g/mol. The monoisotopic (exact) mass is 434 g/mol. The number of rotatable bonds is 6. The number of benzene rings is 2. The number of carbonyl (C=O) groups excluding carboxylic acids is 2. The van der Waals surface area contributed by atoms with E-state index in [-0.39, 0.29) is 5.69 Å². The van der Waals surface area contributed by atoms with Crippen molar-refractivity contribution in [2.45, 2.75) is 6.18 Å². The number of hydrogen-bond acceptors (Lipinski definition) is 5. The molecule has 1 N–H and O–H groups in total. The Hall–Kier alpha value is -3.33. The van der Waals surface area contributed by atoms with Gasteiger partial charge < -0.3 is 19.7 Å². The lowest BCUT2D eigenvalue weighted by Gasteiger charge is -2.31. The second-order valence-corrected chi connectivity index (χ2v) is 6.73. The number of hydrogen-bond donors (Lipinski definition) is 1. The van der Waals surface area contributed by atoms with Gasteiger partial charge in [-0.3, -0.25) is 4.79 Å². The lowest BCUT2D eigenvalue weighted by Crippen LogP contribution is -2.37. The zero-order valence-electron chi connectivity index (χ0n) is 16.5. The van der Waals surface area contributed by atoms with Crippen molar-refractivity contribution in [3.05, 3.63) is 65.7 Å². The third kappa shape index (κ3) is 6.58. The molecule has 1 aliphatic rings. The minimum Gasteiger partial charge on any atom is -0.452 e. The summed E-state index contributed by atoms with van der Waals surface area (Å²) in [6.45, 7) is 1.19. The molecule has 0 unspecified atom stereocenters. The number of amides is 1. The minimum absolute atomic E-state index is 0.00222. The van der Waals surface area contributed by atoms with Gasteiger partial charge in [0.2, 0.25) is 0 Å². The quantitative estimate of drug-likeness (QED) is 0.554. The van der Waals surface area contributed by atoms with Gasteiger partial charge in [0.1, 0.15) is 0 Å². The zero-order valence-corrected chi connectivity index (χ0v) is 16.5. The molecule has 0 radical (unpaired) electrons. The van der Waals surface area contributed by atoms with Crippen molar-refractivity contribution in [2.24, 2.45) is 0 Å². The molecule has 0 bridgehead atoms. The second-order valence-electron chi connectivity index (χ2n) is 6.73. The van der Waals surface area contributed by atoms with E-state index in [9.17, 15) is 22.8 Å². The molecule has 2 aromatic carbocycles. The first kappa shape index (κ1) is 22.4. The standard InChI is InChI=1S/C22H21F3N2O4/c23-22(24,25)17-7-8-19(27-10-12-30-13-11-27)18(14-17)26-20(28)15-31-21(29)9-6-16-4-2-1-3-5-16/h1-9,14H,10-13,15H2,(H,26,28). The van der Waals surface area contributed by atoms with Gasteiger partial charge in [0.05, 0.1) is 30.2 Å². The maximum Gasteiger partial charge on any atom is 0.416 e. The van der Waals surface area contributed by atoms with Gasteiger partial charge in [0, 0.05) is 19.2 Å². The molecule has 31 heavy (non-hydrogen) atoms. The Bertz CT molecular complexity index is 940. The Morgan fingerprint density at radius 3 is 2.48 bits per heavy atom. The molecule has 0 saturated carbocycles. The Balaban J connectivity index is 1.65. The highest BCUT2D eigenvalue weighted by Gasteiger charge is 2.32. The summed E-state index contributed by atoms with van der Waals surface area (Å²) in [6.07, 6.45) is -1.85. The molecule has 1 aliphatic heterocycles. The van der Waals surface area contributed by atoms with Gasteiger partial charge in [0.15, 0.2) is 6.61 Å². The number of anilines is 2. The predicted octanol–water partition coefficient (Wildman–Crippen LogP) is 3.74. The second kappa shape index (κ2) is 10.1. The van der Waals surface area contributed by atoms with E-state index in [1.54, 1.807) is 24.3 Å². The van der Waals surface area contributed by atoms with Crippen molar-refractivity contribution in [3.8, 4) is 0 Å². The van der Waals surface area contributed by atoms with E-state index < -0.39 is 30.2 Å². The zero-order chi connectivity index (χ0) is 22.3. The highest BCUT2D eigenvalue weighted by Crippen LogP contribution is 2.35. The van der Waals surface area contributed by atoms with Gasteiger partial charge in [-0.15, -0.1) is 0 Å². The predicted molar refractivity (Wildman–Crippen MR) is 110 cm³/mol. The summed E-state index contributed by atoms with van der Waals surface area (Å²) in [7, 11) is 0. The number of ether oxygens (including phenoxy) is 2. The van der Waals surface area contributed by atoms with Crippen LogP contribution in [0.4, 0.5) is 24.5 Å². The third-order valence-corrected chi connectivity index (χ3v) is 4.51. The normalized spacial score (nSPS) is 14.5. The first-order valence-electron chi connectivity index (χ1n) is 9.56. The van der Waals surface area contributed by atoms with E-state index in [0.29, 0.717) is 32.0 Å². The number of carbonyl (C=O) groups is 2. The summed E-state index contributed by atoms with van der Waals surface area (Å²) >= 11 is 0. The van der Waals surface area contributed by atoms with Crippen LogP contribution in [0.1, 0.15) is 11.1 Å². The molecule has 0 aliphatic carbocycles. The smallest absolute Gasteiger partial charge is 0.416 e. The number of alkyl halides is 3. The molecule has 1 fully saturated rings. The van der Waals surface area contributed by atoms with Crippen molar-refractivity contribution in [1.29, 1.82) is 0 Å². The summed E-state index contributed by atoms with van der Waals surface area (Å²) in [5, 5.41) is 2.43. The fourth-order valence-corrected chi connectivity index (χ4v) is 2.99. The molecule has 1 saturated heterocycles. The van der Waals surface area contributed by atoms with E-state index >= 15 is 0 Å². The minimum atomic E-state index is -4.56.